The van der Waals surface area contributed by atoms with E-state index in [-0.39, 0.29) is 0 Å². The third-order valence-electron chi connectivity index (χ3n) is 2.88. The molecule has 0 aliphatic rings. The molecule has 0 fully saturated rings. The fourth-order valence-electron chi connectivity index (χ4n) is 1.91. The lowest BCUT2D eigenvalue weighted by molar-refractivity contribution is 0.830. The minimum Gasteiger partial charge on any atom is -0.336 e. The van der Waals surface area contributed by atoms with Gasteiger partial charge in [-0.1, -0.05) is 6.07 Å². The number of H-pyrrole nitrogens is 2. The summed E-state index contributed by atoms with van der Waals surface area (Å²) in [7, 11) is 1.56. The first-order valence-corrected chi connectivity index (χ1v) is 5.73. The molecule has 7 nitrogen and oxygen atoms in total. The van der Waals surface area contributed by atoms with Gasteiger partial charge in [0.15, 0.2) is 5.65 Å². The Kier molecular flexibility index (Phi) is 2.52. The number of aromatic nitrogens is 5. The van der Waals surface area contributed by atoms with Gasteiger partial charge in [0.05, 0.1) is 0 Å². The largest absolute Gasteiger partial charge is 0.336 e. The van der Waals surface area contributed by atoms with Gasteiger partial charge in [-0.05, 0) is 12.1 Å². The van der Waals surface area contributed by atoms with Crippen molar-refractivity contribution in [1.29, 1.82) is 0 Å². The number of fused-ring (bicyclic) bond motifs is 1. The molecule has 0 aromatic carbocycles. The molecule has 3 aromatic heterocycles. The van der Waals surface area contributed by atoms with Crippen molar-refractivity contribution in [1.82, 2.24) is 24.5 Å². The van der Waals surface area contributed by atoms with Crippen LogP contribution in [0.15, 0.2) is 34.0 Å². The van der Waals surface area contributed by atoms with Gasteiger partial charge >= 0.3 is 5.69 Å². The monoisotopic (exact) mass is 257 g/mol. The second-order valence-corrected chi connectivity index (χ2v) is 4.20. The smallest absolute Gasteiger partial charge is 0.329 e. The first-order valence-electron chi connectivity index (χ1n) is 5.73. The van der Waals surface area contributed by atoms with E-state index >= 15 is 0 Å². The maximum Gasteiger partial charge on any atom is 0.329 e. The highest BCUT2D eigenvalue weighted by Crippen LogP contribution is 2.07. The van der Waals surface area contributed by atoms with Crippen LogP contribution in [0.25, 0.3) is 11.2 Å². The molecule has 3 aromatic rings. The van der Waals surface area contributed by atoms with Gasteiger partial charge in [-0.3, -0.25) is 19.3 Å². The van der Waals surface area contributed by atoms with Crippen LogP contribution < -0.4 is 11.2 Å². The number of rotatable bonds is 2. The fourth-order valence-corrected chi connectivity index (χ4v) is 1.91. The molecule has 96 valence electrons. The summed E-state index contributed by atoms with van der Waals surface area (Å²) in [5.41, 5.74) is 0.543. The molecule has 0 saturated heterocycles. The van der Waals surface area contributed by atoms with Crippen LogP contribution in [0, 0.1) is 0 Å². The minimum atomic E-state index is -0.478. The molecule has 0 atom stereocenters. The molecule has 0 bridgehead atoms. The summed E-state index contributed by atoms with van der Waals surface area (Å²) in [6, 6.07) is 5.58. The van der Waals surface area contributed by atoms with Crippen molar-refractivity contribution in [2.24, 2.45) is 7.05 Å². The first-order chi connectivity index (χ1) is 9.15. The first kappa shape index (κ1) is 11.4. The van der Waals surface area contributed by atoms with Crippen LogP contribution in [0.5, 0.6) is 0 Å². The Balaban J connectivity index is 2.13. The number of nitrogens with one attached hydrogen (secondary N) is 2. The van der Waals surface area contributed by atoms with Gasteiger partial charge in [-0.2, -0.15) is 0 Å². The normalized spacial score (nSPS) is 11.0. The highest BCUT2D eigenvalue weighted by atomic mass is 16.2. The Labute approximate surface area is 107 Å². The Hall–Kier alpha value is -2.70. The predicted octanol–water partition coefficient (Wildman–Crippen LogP) is -0.0643. The number of imidazole rings is 1. The fraction of sp³-hybridized carbons (Fsp3) is 0.167. The zero-order chi connectivity index (χ0) is 13.4. The number of aryl methyl sites for hydroxylation is 1. The number of nitrogens with zero attached hydrogens (tertiary/aromatic N) is 3. The lowest BCUT2D eigenvalue weighted by Crippen LogP contribution is -2.28. The van der Waals surface area contributed by atoms with E-state index in [1.807, 2.05) is 18.2 Å². The molecular formula is C12H11N5O2. The molecule has 2 N–H and O–H groups in total. The van der Waals surface area contributed by atoms with Crippen molar-refractivity contribution in [2.75, 3.05) is 0 Å². The Bertz CT molecular complexity index is 844. The van der Waals surface area contributed by atoms with Gasteiger partial charge in [0.2, 0.25) is 0 Å². The SMILES string of the molecule is Cn1c(=O)[nH]c(=O)c2[nH]c(Cc3ccccn3)nc21. The van der Waals surface area contributed by atoms with E-state index in [9.17, 15) is 9.59 Å². The number of hydrogen-bond donors (Lipinski definition) is 2. The third kappa shape index (κ3) is 1.95. The highest BCUT2D eigenvalue weighted by molar-refractivity contribution is 5.69. The van der Waals surface area contributed by atoms with Gasteiger partial charge in [0, 0.05) is 25.4 Å². The number of hydrogen-bond acceptors (Lipinski definition) is 4. The van der Waals surface area contributed by atoms with Crippen molar-refractivity contribution in [3.8, 4) is 0 Å². The summed E-state index contributed by atoms with van der Waals surface area (Å²) in [6.07, 6.45) is 2.17. The van der Waals surface area contributed by atoms with Crippen LogP contribution >= 0.6 is 0 Å². The van der Waals surface area contributed by atoms with Crippen molar-refractivity contribution in [3.63, 3.8) is 0 Å². The molecule has 7 heteroatoms. The van der Waals surface area contributed by atoms with Gasteiger partial charge in [-0.15, -0.1) is 0 Å². The second-order valence-electron chi connectivity index (χ2n) is 4.20. The van der Waals surface area contributed by atoms with Crippen LogP contribution in [0.1, 0.15) is 11.5 Å². The maximum absolute atomic E-state index is 11.7. The summed E-state index contributed by atoms with van der Waals surface area (Å²) < 4.78 is 1.30. The van der Waals surface area contributed by atoms with Gasteiger partial charge in [-0.25, -0.2) is 9.78 Å². The van der Waals surface area contributed by atoms with E-state index in [1.54, 1.807) is 13.2 Å². The summed E-state index contributed by atoms with van der Waals surface area (Å²) >= 11 is 0. The standard InChI is InChI=1S/C12H11N5O2/c1-17-10-9(11(18)16-12(17)19)14-8(15-10)6-7-4-2-3-5-13-7/h2-5H,6H2,1H3,(H,14,15)(H,16,18,19). The van der Waals surface area contributed by atoms with Crippen LogP contribution in [0.4, 0.5) is 0 Å². The van der Waals surface area contributed by atoms with Crippen molar-refractivity contribution < 1.29 is 0 Å². The highest BCUT2D eigenvalue weighted by Gasteiger charge is 2.11. The van der Waals surface area contributed by atoms with E-state index in [0.717, 1.165) is 5.69 Å². The molecule has 0 amide bonds. The van der Waals surface area contributed by atoms with E-state index < -0.39 is 11.2 Å². The average Bonchev–Trinajstić information content (AvgIpc) is 2.82. The van der Waals surface area contributed by atoms with Crippen LogP contribution in [0.2, 0.25) is 0 Å². The summed E-state index contributed by atoms with van der Waals surface area (Å²) in [5.74, 6) is 0.598. The number of aromatic amines is 2. The van der Waals surface area contributed by atoms with E-state index in [0.29, 0.717) is 23.4 Å². The Morgan fingerprint density at radius 3 is 2.84 bits per heavy atom. The van der Waals surface area contributed by atoms with Crippen molar-refractivity contribution in [3.05, 3.63) is 56.8 Å². The molecule has 0 spiro atoms. The molecule has 0 radical (unpaired) electrons. The lowest BCUT2D eigenvalue weighted by Gasteiger charge is -1.95. The minimum absolute atomic E-state index is 0.299. The summed E-state index contributed by atoms with van der Waals surface area (Å²) in [4.78, 5) is 36.7. The molecule has 0 unspecified atom stereocenters. The van der Waals surface area contributed by atoms with E-state index in [1.165, 1.54) is 4.57 Å². The second kappa shape index (κ2) is 4.20. The average molecular weight is 257 g/mol. The Morgan fingerprint density at radius 2 is 2.11 bits per heavy atom. The van der Waals surface area contributed by atoms with Gasteiger partial charge < -0.3 is 4.98 Å². The molecule has 3 rings (SSSR count). The maximum atomic E-state index is 11.7. The number of pyridine rings is 1. The van der Waals surface area contributed by atoms with E-state index in [2.05, 4.69) is 19.9 Å². The van der Waals surface area contributed by atoms with Crippen molar-refractivity contribution >= 4 is 11.2 Å². The van der Waals surface area contributed by atoms with Crippen LogP contribution in [-0.4, -0.2) is 24.5 Å². The molecule has 19 heavy (non-hydrogen) atoms. The lowest BCUT2D eigenvalue weighted by atomic mass is 10.3. The summed E-state index contributed by atoms with van der Waals surface area (Å²) in [5, 5.41) is 0. The summed E-state index contributed by atoms with van der Waals surface area (Å²) in [6.45, 7) is 0. The zero-order valence-electron chi connectivity index (χ0n) is 10.2. The van der Waals surface area contributed by atoms with Gasteiger partial charge in [0.1, 0.15) is 11.3 Å². The van der Waals surface area contributed by atoms with Crippen LogP contribution in [0.3, 0.4) is 0 Å². The molecule has 3 heterocycles. The topological polar surface area (TPSA) is 96.4 Å². The Morgan fingerprint density at radius 1 is 1.26 bits per heavy atom. The third-order valence-corrected chi connectivity index (χ3v) is 2.88. The van der Waals surface area contributed by atoms with Gasteiger partial charge in [0.25, 0.3) is 5.56 Å². The van der Waals surface area contributed by atoms with Crippen LogP contribution in [-0.2, 0) is 13.5 Å². The van der Waals surface area contributed by atoms with E-state index in [4.69, 9.17) is 0 Å². The van der Waals surface area contributed by atoms with Crippen molar-refractivity contribution in [2.45, 2.75) is 6.42 Å². The zero-order valence-corrected chi connectivity index (χ0v) is 10.2. The molecule has 0 saturated carbocycles. The quantitative estimate of drug-likeness (QED) is 0.672. The molecule has 0 aliphatic heterocycles. The predicted molar refractivity (Wildman–Crippen MR) is 69.0 cm³/mol. The molecular weight excluding hydrogens is 246 g/mol. The molecule has 0 aliphatic carbocycles.